The molecule has 0 bridgehead atoms. The quantitative estimate of drug-likeness (QED) is 0.821. The highest BCUT2D eigenvalue weighted by Crippen LogP contribution is 2.13. The van der Waals surface area contributed by atoms with E-state index in [0.717, 1.165) is 0 Å². The lowest BCUT2D eigenvalue weighted by molar-refractivity contribution is 0.0947. The Morgan fingerprint density at radius 3 is 2.55 bits per heavy atom. The molecule has 4 nitrogen and oxygen atoms in total. The summed E-state index contributed by atoms with van der Waals surface area (Å²) >= 11 is 0. The number of amides is 1. The predicted molar refractivity (Wildman–Crippen MR) is 78.0 cm³/mol. The Hall–Kier alpha value is -2.36. The van der Waals surface area contributed by atoms with Crippen molar-refractivity contribution in [1.29, 1.82) is 0 Å². The number of aromatic nitrogens is 1. The van der Waals surface area contributed by atoms with Gasteiger partial charge in [-0.15, -0.1) is 0 Å². The van der Waals surface area contributed by atoms with Gasteiger partial charge in [0.2, 0.25) is 0 Å². The third kappa shape index (κ3) is 3.35. The van der Waals surface area contributed by atoms with Crippen LogP contribution in [0.25, 0.3) is 0 Å². The standard InChI is InChI=1S/C16H18N2O2/c1-11(13-6-4-3-5-7-13)9-18-16(20)15-8-14(10-17-15)12(2)19/h3-8,10-11,17H,9H2,1-2H3,(H,18,20). The first kappa shape index (κ1) is 14.1. The second kappa shape index (κ2) is 6.19. The van der Waals surface area contributed by atoms with Gasteiger partial charge in [-0.2, -0.15) is 0 Å². The molecule has 0 saturated heterocycles. The number of aromatic amines is 1. The van der Waals surface area contributed by atoms with E-state index >= 15 is 0 Å². The van der Waals surface area contributed by atoms with E-state index < -0.39 is 0 Å². The second-order valence-corrected chi connectivity index (χ2v) is 4.88. The Bertz CT molecular complexity index is 602. The van der Waals surface area contributed by atoms with Crippen molar-refractivity contribution in [3.8, 4) is 0 Å². The van der Waals surface area contributed by atoms with Crippen LogP contribution in [0.1, 0.15) is 46.2 Å². The van der Waals surface area contributed by atoms with Gasteiger partial charge in [-0.1, -0.05) is 37.3 Å². The fourth-order valence-electron chi connectivity index (χ4n) is 1.97. The fraction of sp³-hybridized carbons (Fsp3) is 0.250. The van der Waals surface area contributed by atoms with Crippen LogP contribution in [0, 0.1) is 0 Å². The maximum Gasteiger partial charge on any atom is 0.267 e. The largest absolute Gasteiger partial charge is 0.356 e. The van der Waals surface area contributed by atoms with Crippen molar-refractivity contribution >= 4 is 11.7 Å². The van der Waals surface area contributed by atoms with Crippen LogP contribution in [0.2, 0.25) is 0 Å². The number of hydrogen-bond donors (Lipinski definition) is 2. The number of nitrogens with one attached hydrogen (secondary N) is 2. The van der Waals surface area contributed by atoms with Crippen molar-refractivity contribution in [1.82, 2.24) is 10.3 Å². The zero-order valence-corrected chi connectivity index (χ0v) is 11.6. The highest BCUT2D eigenvalue weighted by atomic mass is 16.2. The molecule has 1 unspecified atom stereocenters. The number of Topliss-reactive ketones (excluding diaryl/α,β-unsaturated/α-hetero) is 1. The molecule has 1 amide bonds. The average molecular weight is 270 g/mol. The zero-order valence-electron chi connectivity index (χ0n) is 11.6. The van der Waals surface area contributed by atoms with Gasteiger partial charge in [0, 0.05) is 18.3 Å². The SMILES string of the molecule is CC(=O)c1c[nH]c(C(=O)NCC(C)c2ccccc2)c1. The average Bonchev–Trinajstić information content (AvgIpc) is 2.95. The summed E-state index contributed by atoms with van der Waals surface area (Å²) in [6.45, 7) is 4.09. The minimum atomic E-state index is -0.194. The van der Waals surface area contributed by atoms with E-state index in [0.29, 0.717) is 17.8 Å². The molecule has 0 aliphatic carbocycles. The Morgan fingerprint density at radius 1 is 1.25 bits per heavy atom. The monoisotopic (exact) mass is 270 g/mol. The topological polar surface area (TPSA) is 62.0 Å². The molecule has 0 fully saturated rings. The first-order valence-electron chi connectivity index (χ1n) is 6.60. The van der Waals surface area contributed by atoms with E-state index in [9.17, 15) is 9.59 Å². The normalized spacial score (nSPS) is 11.9. The van der Waals surface area contributed by atoms with Gasteiger partial charge in [0.25, 0.3) is 5.91 Å². The van der Waals surface area contributed by atoms with E-state index in [2.05, 4.69) is 17.2 Å². The Kier molecular flexibility index (Phi) is 4.35. The molecule has 0 spiro atoms. The zero-order chi connectivity index (χ0) is 14.5. The Balaban J connectivity index is 1.93. The van der Waals surface area contributed by atoms with Crippen LogP contribution in [0.15, 0.2) is 42.6 Å². The second-order valence-electron chi connectivity index (χ2n) is 4.88. The summed E-state index contributed by atoms with van der Waals surface area (Å²) in [4.78, 5) is 26.0. The number of ketones is 1. The van der Waals surface area contributed by atoms with Crippen molar-refractivity contribution < 1.29 is 9.59 Å². The molecule has 0 saturated carbocycles. The van der Waals surface area contributed by atoms with Crippen LogP contribution in [0.4, 0.5) is 0 Å². The van der Waals surface area contributed by atoms with Gasteiger partial charge in [-0.3, -0.25) is 9.59 Å². The molecule has 0 radical (unpaired) electrons. The van der Waals surface area contributed by atoms with Gasteiger partial charge in [0.1, 0.15) is 5.69 Å². The van der Waals surface area contributed by atoms with E-state index in [-0.39, 0.29) is 17.6 Å². The molecule has 1 aromatic heterocycles. The van der Waals surface area contributed by atoms with Crippen LogP contribution < -0.4 is 5.32 Å². The fourth-order valence-corrected chi connectivity index (χ4v) is 1.97. The molecule has 1 heterocycles. The molecule has 4 heteroatoms. The molecule has 20 heavy (non-hydrogen) atoms. The smallest absolute Gasteiger partial charge is 0.267 e. The van der Waals surface area contributed by atoms with E-state index in [4.69, 9.17) is 0 Å². The number of rotatable bonds is 5. The molecule has 0 aliphatic rings. The van der Waals surface area contributed by atoms with Crippen molar-refractivity contribution in [2.75, 3.05) is 6.54 Å². The van der Waals surface area contributed by atoms with Gasteiger partial charge in [-0.25, -0.2) is 0 Å². The van der Waals surface area contributed by atoms with Gasteiger partial charge >= 0.3 is 0 Å². The molecule has 1 aromatic carbocycles. The summed E-state index contributed by atoms with van der Waals surface area (Å²) in [6.07, 6.45) is 1.55. The van der Waals surface area contributed by atoms with Gasteiger partial charge in [0.15, 0.2) is 5.78 Å². The molecular weight excluding hydrogens is 252 g/mol. The number of H-pyrrole nitrogens is 1. The number of benzene rings is 1. The lowest BCUT2D eigenvalue weighted by atomic mass is 10.0. The van der Waals surface area contributed by atoms with E-state index in [1.807, 2.05) is 30.3 Å². The molecule has 2 rings (SSSR count). The van der Waals surface area contributed by atoms with Crippen molar-refractivity contribution in [2.24, 2.45) is 0 Å². The van der Waals surface area contributed by atoms with Crippen LogP contribution in [0.5, 0.6) is 0 Å². The summed E-state index contributed by atoms with van der Waals surface area (Å²) in [5.74, 6) is -0.0133. The Labute approximate surface area is 118 Å². The first-order valence-corrected chi connectivity index (χ1v) is 6.60. The molecule has 104 valence electrons. The third-order valence-corrected chi connectivity index (χ3v) is 3.27. The molecule has 1 atom stereocenters. The van der Waals surface area contributed by atoms with Gasteiger partial charge in [-0.05, 0) is 24.5 Å². The highest BCUT2D eigenvalue weighted by molar-refractivity contribution is 5.99. The van der Waals surface area contributed by atoms with Gasteiger partial charge < -0.3 is 10.3 Å². The summed E-state index contributed by atoms with van der Waals surface area (Å²) in [5.41, 5.74) is 2.12. The summed E-state index contributed by atoms with van der Waals surface area (Å²) in [6, 6.07) is 11.6. The lowest BCUT2D eigenvalue weighted by Gasteiger charge is -2.12. The van der Waals surface area contributed by atoms with Crippen molar-refractivity contribution in [3.05, 3.63) is 59.4 Å². The molecule has 2 N–H and O–H groups in total. The molecule has 0 aliphatic heterocycles. The van der Waals surface area contributed by atoms with Crippen LogP contribution in [-0.4, -0.2) is 23.2 Å². The maximum absolute atomic E-state index is 12.0. The van der Waals surface area contributed by atoms with Crippen molar-refractivity contribution in [2.45, 2.75) is 19.8 Å². The minimum Gasteiger partial charge on any atom is -0.356 e. The van der Waals surface area contributed by atoms with E-state index in [1.54, 1.807) is 12.3 Å². The highest BCUT2D eigenvalue weighted by Gasteiger charge is 2.12. The van der Waals surface area contributed by atoms with Gasteiger partial charge in [0.05, 0.1) is 0 Å². The van der Waals surface area contributed by atoms with E-state index in [1.165, 1.54) is 12.5 Å². The third-order valence-electron chi connectivity index (χ3n) is 3.27. The Morgan fingerprint density at radius 2 is 1.95 bits per heavy atom. The van der Waals surface area contributed by atoms with Crippen LogP contribution in [-0.2, 0) is 0 Å². The van der Waals surface area contributed by atoms with Crippen LogP contribution in [0.3, 0.4) is 0 Å². The summed E-state index contributed by atoms with van der Waals surface area (Å²) in [7, 11) is 0. The molecule has 2 aromatic rings. The number of carbonyl (C=O) groups excluding carboxylic acids is 2. The maximum atomic E-state index is 12.0. The number of hydrogen-bond acceptors (Lipinski definition) is 2. The predicted octanol–water partition coefficient (Wildman–Crippen LogP) is 2.75. The summed E-state index contributed by atoms with van der Waals surface area (Å²) in [5, 5.41) is 2.87. The first-order chi connectivity index (χ1) is 9.58. The summed E-state index contributed by atoms with van der Waals surface area (Å²) < 4.78 is 0. The van der Waals surface area contributed by atoms with Crippen LogP contribution >= 0.6 is 0 Å². The molecular formula is C16H18N2O2. The minimum absolute atomic E-state index is 0.0575. The van der Waals surface area contributed by atoms with Crippen molar-refractivity contribution in [3.63, 3.8) is 0 Å². The number of carbonyl (C=O) groups is 2. The lowest BCUT2D eigenvalue weighted by Crippen LogP contribution is -2.27.